The molecule has 1 atom stereocenters. The monoisotopic (exact) mass is 440 g/mol. The highest BCUT2D eigenvalue weighted by Crippen LogP contribution is 2.47. The quantitative estimate of drug-likeness (QED) is 0.313. The second kappa shape index (κ2) is 7.64. The van der Waals surface area contributed by atoms with Crippen LogP contribution in [-0.2, 0) is 4.79 Å². The average molecular weight is 441 g/mol. The fourth-order valence-electron chi connectivity index (χ4n) is 4.29. The number of fused-ring (bicyclic) bond motifs is 1. The van der Waals surface area contributed by atoms with Crippen molar-refractivity contribution in [3.05, 3.63) is 67.1 Å². The van der Waals surface area contributed by atoms with Crippen molar-refractivity contribution >= 4 is 29.1 Å². The maximum atomic E-state index is 13.2. The average Bonchev–Trinajstić information content (AvgIpc) is 2.64. The number of aromatic nitrogens is 2. The molecule has 1 aliphatic carbocycles. The summed E-state index contributed by atoms with van der Waals surface area (Å²) in [7, 11) is 0. The Morgan fingerprint density at radius 3 is 2.48 bits per heavy atom. The molecule has 2 N–H and O–H groups in total. The van der Waals surface area contributed by atoms with Crippen LogP contribution in [0.25, 0.3) is 0 Å². The van der Waals surface area contributed by atoms with Crippen molar-refractivity contribution in [1.82, 2.24) is 9.97 Å². The van der Waals surface area contributed by atoms with Crippen LogP contribution in [-0.4, -0.2) is 25.9 Å². The van der Waals surface area contributed by atoms with Crippen LogP contribution in [0.2, 0.25) is 0 Å². The summed E-state index contributed by atoms with van der Waals surface area (Å²) in [5.41, 5.74) is 1.79. The Morgan fingerprint density at radius 2 is 1.87 bits per heavy atom. The first-order valence-corrected chi connectivity index (χ1v) is 11.0. The number of nitro groups is 1. The Hall–Kier alpha value is -2.94. The number of nitrogens with one attached hydrogen (secondary N) is 2. The minimum Gasteiger partial charge on any atom is -0.343 e. The maximum Gasteiger partial charge on any atom is 0.269 e. The molecule has 2 aromatic rings. The number of aromatic amines is 1. The van der Waals surface area contributed by atoms with Gasteiger partial charge >= 0.3 is 0 Å². The summed E-state index contributed by atoms with van der Waals surface area (Å²) in [6.07, 6.45) is 1.02. The van der Waals surface area contributed by atoms with Crippen LogP contribution in [0.4, 0.5) is 11.5 Å². The normalized spacial score (nSPS) is 19.6. The van der Waals surface area contributed by atoms with Crippen molar-refractivity contribution in [2.45, 2.75) is 56.9 Å². The molecule has 1 aliphatic heterocycles. The zero-order valence-electron chi connectivity index (χ0n) is 17.8. The highest BCUT2D eigenvalue weighted by molar-refractivity contribution is 7.99. The van der Waals surface area contributed by atoms with Gasteiger partial charge in [-0.3, -0.25) is 19.7 Å². The molecular formula is C22H24N4O4S. The van der Waals surface area contributed by atoms with Crippen molar-refractivity contribution in [3.8, 4) is 0 Å². The molecule has 8 nitrogen and oxygen atoms in total. The van der Waals surface area contributed by atoms with E-state index < -0.39 is 10.8 Å². The molecule has 0 fully saturated rings. The van der Waals surface area contributed by atoms with Crippen molar-refractivity contribution in [2.24, 2.45) is 5.41 Å². The van der Waals surface area contributed by atoms with Crippen LogP contribution in [0, 0.1) is 15.5 Å². The summed E-state index contributed by atoms with van der Waals surface area (Å²) in [4.78, 5) is 44.4. The molecule has 0 radical (unpaired) electrons. The van der Waals surface area contributed by atoms with E-state index in [4.69, 9.17) is 0 Å². The van der Waals surface area contributed by atoms with Gasteiger partial charge in [-0.2, -0.15) is 0 Å². The second-order valence-corrected chi connectivity index (χ2v) is 10.6. The number of hydrogen-bond donors (Lipinski definition) is 2. The maximum absolute atomic E-state index is 13.2. The van der Waals surface area contributed by atoms with E-state index in [0.29, 0.717) is 40.5 Å². The number of anilines is 1. The van der Waals surface area contributed by atoms with Crippen molar-refractivity contribution < 1.29 is 9.72 Å². The SMILES string of the molecule is CC(C)Sc1nc2c(c(=O)[nH]1)[C@@H](c1ccc([N+](=O)[O-])cc1)C1=C(CC(C)(C)CC1=O)N2. The molecule has 2 heterocycles. The third-order valence-electron chi connectivity index (χ3n) is 5.48. The lowest BCUT2D eigenvalue weighted by Gasteiger charge is -2.38. The number of carbonyl (C=O) groups is 1. The van der Waals surface area contributed by atoms with Gasteiger partial charge in [0, 0.05) is 41.0 Å². The number of ketones is 1. The summed E-state index contributed by atoms with van der Waals surface area (Å²) in [5, 5.41) is 15.1. The minimum atomic E-state index is -0.620. The standard InChI is InChI=1S/C22H24N4O4S/c1-11(2)31-21-24-19-18(20(28)25-21)16(12-5-7-13(8-6-12)26(29)30)17-14(23-19)9-22(3,4)10-15(17)27/h5-8,11,16H,9-10H2,1-4H3,(H2,23,24,25,28)/t16-/m0/s1. The number of H-pyrrole nitrogens is 1. The summed E-state index contributed by atoms with van der Waals surface area (Å²) < 4.78 is 0. The first-order valence-electron chi connectivity index (χ1n) is 10.1. The topological polar surface area (TPSA) is 118 Å². The number of carbonyl (C=O) groups excluding carboxylic acids is 1. The molecule has 162 valence electrons. The molecule has 0 bridgehead atoms. The minimum absolute atomic E-state index is 0.0206. The van der Waals surface area contributed by atoms with Crippen LogP contribution in [0.5, 0.6) is 0 Å². The van der Waals surface area contributed by atoms with Gasteiger partial charge in [0.2, 0.25) is 0 Å². The first-order chi connectivity index (χ1) is 14.6. The molecule has 9 heteroatoms. The Kier molecular flexibility index (Phi) is 5.25. The number of allylic oxidation sites excluding steroid dienone is 2. The lowest BCUT2D eigenvalue weighted by molar-refractivity contribution is -0.384. The van der Waals surface area contributed by atoms with Gasteiger partial charge in [-0.1, -0.05) is 51.6 Å². The molecule has 0 spiro atoms. The molecule has 2 aliphatic rings. The van der Waals surface area contributed by atoms with Crippen molar-refractivity contribution in [1.29, 1.82) is 0 Å². The molecule has 1 aromatic carbocycles. The molecule has 0 saturated carbocycles. The Balaban J connectivity index is 1.91. The van der Waals surface area contributed by atoms with Gasteiger partial charge in [0.1, 0.15) is 5.82 Å². The Morgan fingerprint density at radius 1 is 1.19 bits per heavy atom. The number of Topliss-reactive ketones (excluding diaryl/α,β-unsaturated/α-hetero) is 1. The van der Waals surface area contributed by atoms with E-state index in [1.54, 1.807) is 12.1 Å². The van der Waals surface area contributed by atoms with Gasteiger partial charge in [0.05, 0.1) is 10.5 Å². The van der Waals surface area contributed by atoms with Crippen LogP contribution >= 0.6 is 11.8 Å². The van der Waals surface area contributed by atoms with Gasteiger partial charge in [-0.05, 0) is 17.4 Å². The smallest absolute Gasteiger partial charge is 0.269 e. The number of nitrogens with zero attached hydrogens (tertiary/aromatic N) is 2. The molecule has 1 aromatic heterocycles. The predicted octanol–water partition coefficient (Wildman–Crippen LogP) is 4.38. The highest BCUT2D eigenvalue weighted by Gasteiger charge is 2.42. The van der Waals surface area contributed by atoms with E-state index in [1.807, 2.05) is 27.7 Å². The zero-order valence-corrected chi connectivity index (χ0v) is 18.6. The van der Waals surface area contributed by atoms with Gasteiger partial charge in [0.15, 0.2) is 10.9 Å². The summed E-state index contributed by atoms with van der Waals surface area (Å²) in [6, 6.07) is 6.04. The number of thioether (sulfide) groups is 1. The fraction of sp³-hybridized carbons (Fsp3) is 0.409. The van der Waals surface area contributed by atoms with E-state index in [1.165, 1.54) is 23.9 Å². The summed E-state index contributed by atoms with van der Waals surface area (Å²) in [6.45, 7) is 8.11. The van der Waals surface area contributed by atoms with Gasteiger partial charge in [-0.15, -0.1) is 0 Å². The van der Waals surface area contributed by atoms with Crippen LogP contribution in [0.3, 0.4) is 0 Å². The first kappa shape index (κ1) is 21.3. The van der Waals surface area contributed by atoms with Gasteiger partial charge in [-0.25, -0.2) is 4.98 Å². The molecule has 0 unspecified atom stereocenters. The summed E-state index contributed by atoms with van der Waals surface area (Å²) >= 11 is 1.45. The number of hydrogen-bond acceptors (Lipinski definition) is 7. The van der Waals surface area contributed by atoms with Crippen molar-refractivity contribution in [3.63, 3.8) is 0 Å². The molecule has 0 saturated heterocycles. The Bertz CT molecular complexity index is 1170. The fourth-order valence-corrected chi connectivity index (χ4v) is 5.04. The number of benzene rings is 1. The Labute approximate surface area is 183 Å². The van der Waals surface area contributed by atoms with Crippen LogP contribution in [0.15, 0.2) is 45.5 Å². The van der Waals surface area contributed by atoms with E-state index in [9.17, 15) is 19.7 Å². The van der Waals surface area contributed by atoms with Gasteiger partial charge < -0.3 is 10.3 Å². The van der Waals surface area contributed by atoms with Crippen LogP contribution in [0.1, 0.15) is 57.6 Å². The number of non-ortho nitro benzene ring substituents is 1. The number of rotatable bonds is 4. The summed E-state index contributed by atoms with van der Waals surface area (Å²) in [5.74, 6) is -0.197. The van der Waals surface area contributed by atoms with E-state index in [2.05, 4.69) is 15.3 Å². The van der Waals surface area contributed by atoms with Crippen molar-refractivity contribution in [2.75, 3.05) is 5.32 Å². The van der Waals surface area contributed by atoms with E-state index in [-0.39, 0.29) is 27.7 Å². The second-order valence-electron chi connectivity index (χ2n) is 9.04. The largest absolute Gasteiger partial charge is 0.343 e. The van der Waals surface area contributed by atoms with E-state index in [0.717, 1.165) is 5.70 Å². The highest BCUT2D eigenvalue weighted by atomic mass is 32.2. The molecule has 4 rings (SSSR count). The zero-order chi connectivity index (χ0) is 22.5. The van der Waals surface area contributed by atoms with E-state index >= 15 is 0 Å². The van der Waals surface area contributed by atoms with Gasteiger partial charge in [0.25, 0.3) is 11.2 Å². The third kappa shape index (κ3) is 4.01. The predicted molar refractivity (Wildman–Crippen MR) is 119 cm³/mol. The molecule has 0 amide bonds. The lowest BCUT2D eigenvalue weighted by Crippen LogP contribution is -2.37. The van der Waals surface area contributed by atoms with Crippen LogP contribution < -0.4 is 10.9 Å². The number of nitro benzene ring substituents is 1. The lowest BCUT2D eigenvalue weighted by atomic mass is 9.69. The third-order valence-corrected chi connectivity index (χ3v) is 6.37. The molecular weight excluding hydrogens is 416 g/mol. The molecule has 31 heavy (non-hydrogen) atoms.